The second-order valence-electron chi connectivity index (χ2n) is 5.90. The molecule has 0 amide bonds. The maximum atomic E-state index is 6.11. The topological polar surface area (TPSA) is 88.1 Å². The number of imidazole rings is 1. The Morgan fingerprint density at radius 2 is 1.88 bits per heavy atom. The molecule has 7 nitrogen and oxygen atoms in total. The lowest BCUT2D eigenvalue weighted by atomic mass is 10.2. The van der Waals surface area contributed by atoms with Crippen LogP contribution in [0.4, 0.5) is 5.82 Å². The van der Waals surface area contributed by atoms with E-state index in [0.717, 1.165) is 33.8 Å². The second kappa shape index (κ2) is 5.73. The smallest absolute Gasteiger partial charge is 0.163 e. The van der Waals surface area contributed by atoms with Crippen LogP contribution in [0.2, 0.25) is 0 Å². The fourth-order valence-corrected chi connectivity index (χ4v) is 3.15. The first-order valence-corrected chi connectivity index (χ1v) is 8.24. The molecule has 4 heterocycles. The van der Waals surface area contributed by atoms with Crippen molar-refractivity contribution in [2.75, 3.05) is 18.9 Å². The number of pyridine rings is 2. The van der Waals surface area contributed by atoms with Crippen LogP contribution in [0.5, 0.6) is 11.5 Å². The van der Waals surface area contributed by atoms with Gasteiger partial charge >= 0.3 is 0 Å². The van der Waals surface area contributed by atoms with Crippen molar-refractivity contribution in [3.05, 3.63) is 55.0 Å². The van der Waals surface area contributed by atoms with Crippen LogP contribution in [0.1, 0.15) is 0 Å². The van der Waals surface area contributed by atoms with Crippen molar-refractivity contribution in [1.29, 1.82) is 0 Å². The zero-order valence-corrected chi connectivity index (χ0v) is 13.8. The molecule has 0 unspecified atom stereocenters. The van der Waals surface area contributed by atoms with E-state index in [2.05, 4.69) is 9.97 Å². The monoisotopic (exact) mass is 345 g/mol. The minimum Gasteiger partial charge on any atom is -0.486 e. The lowest BCUT2D eigenvalue weighted by Crippen LogP contribution is -2.15. The van der Waals surface area contributed by atoms with Gasteiger partial charge in [0.25, 0.3) is 0 Å². The summed E-state index contributed by atoms with van der Waals surface area (Å²) in [5.74, 6) is 2.59. The molecular weight excluding hydrogens is 330 g/mol. The molecule has 0 atom stereocenters. The first-order chi connectivity index (χ1) is 12.8. The van der Waals surface area contributed by atoms with Gasteiger partial charge in [-0.3, -0.25) is 9.55 Å². The van der Waals surface area contributed by atoms with Crippen LogP contribution in [0.25, 0.3) is 28.1 Å². The van der Waals surface area contributed by atoms with Crippen LogP contribution in [0, 0.1) is 0 Å². The minimum atomic E-state index is 0.426. The fourth-order valence-electron chi connectivity index (χ4n) is 3.15. The Bertz CT molecular complexity index is 1120. The molecule has 1 aliphatic rings. The molecule has 7 heteroatoms. The molecular formula is C19H15N5O2. The van der Waals surface area contributed by atoms with Crippen LogP contribution in [-0.2, 0) is 0 Å². The highest BCUT2D eigenvalue weighted by Gasteiger charge is 2.19. The number of nitrogens with zero attached hydrogens (tertiary/aromatic N) is 4. The van der Waals surface area contributed by atoms with Crippen LogP contribution in [0.3, 0.4) is 0 Å². The first kappa shape index (κ1) is 14.7. The molecule has 128 valence electrons. The number of ether oxygens (including phenoxy) is 2. The quantitative estimate of drug-likeness (QED) is 0.601. The molecule has 0 aliphatic carbocycles. The number of fused-ring (bicyclic) bond motifs is 2. The minimum absolute atomic E-state index is 0.426. The van der Waals surface area contributed by atoms with Crippen molar-refractivity contribution < 1.29 is 9.47 Å². The van der Waals surface area contributed by atoms with Crippen LogP contribution < -0.4 is 15.2 Å². The van der Waals surface area contributed by atoms with Gasteiger partial charge in [0, 0.05) is 18.5 Å². The van der Waals surface area contributed by atoms with E-state index < -0.39 is 0 Å². The zero-order valence-electron chi connectivity index (χ0n) is 13.8. The highest BCUT2D eigenvalue weighted by atomic mass is 16.6. The van der Waals surface area contributed by atoms with E-state index in [1.54, 1.807) is 18.6 Å². The Kier molecular flexibility index (Phi) is 3.24. The molecule has 4 aromatic rings. The predicted octanol–water partition coefficient (Wildman–Crippen LogP) is 2.84. The van der Waals surface area contributed by atoms with Gasteiger partial charge in [-0.15, -0.1) is 0 Å². The molecule has 3 aromatic heterocycles. The molecule has 0 saturated heterocycles. The van der Waals surface area contributed by atoms with Gasteiger partial charge < -0.3 is 15.2 Å². The normalized spacial score (nSPS) is 13.1. The molecule has 0 spiro atoms. The van der Waals surface area contributed by atoms with Gasteiger partial charge in [0.2, 0.25) is 0 Å². The van der Waals surface area contributed by atoms with Crippen molar-refractivity contribution in [2.24, 2.45) is 0 Å². The molecule has 1 aromatic carbocycles. The van der Waals surface area contributed by atoms with E-state index in [-0.39, 0.29) is 0 Å². The molecule has 0 saturated carbocycles. The first-order valence-electron chi connectivity index (χ1n) is 8.24. The summed E-state index contributed by atoms with van der Waals surface area (Å²) in [6.45, 7) is 1.09. The Balaban J connectivity index is 1.79. The lowest BCUT2D eigenvalue weighted by Gasteiger charge is -2.19. The highest BCUT2D eigenvalue weighted by molar-refractivity contribution is 5.84. The lowest BCUT2D eigenvalue weighted by molar-refractivity contribution is 0.171. The van der Waals surface area contributed by atoms with Crippen molar-refractivity contribution in [3.8, 4) is 28.6 Å². The average Bonchev–Trinajstić information content (AvgIpc) is 3.07. The van der Waals surface area contributed by atoms with Gasteiger partial charge in [-0.05, 0) is 30.3 Å². The third-order valence-electron chi connectivity index (χ3n) is 4.32. The van der Waals surface area contributed by atoms with Crippen molar-refractivity contribution in [2.45, 2.75) is 0 Å². The number of hydrogen-bond acceptors (Lipinski definition) is 6. The molecule has 0 fully saturated rings. The van der Waals surface area contributed by atoms with E-state index in [1.165, 1.54) is 0 Å². The van der Waals surface area contributed by atoms with Gasteiger partial charge in [-0.1, -0.05) is 0 Å². The molecule has 26 heavy (non-hydrogen) atoms. The molecule has 0 bridgehead atoms. The van der Waals surface area contributed by atoms with Crippen molar-refractivity contribution in [3.63, 3.8) is 0 Å². The molecule has 2 N–H and O–H groups in total. The number of nitrogen functional groups attached to an aromatic ring is 1. The third kappa shape index (κ3) is 2.25. The SMILES string of the molecule is Nc1ncccc1-c1nc2cnccc2n1-c1ccc2c(c1)OCCO2. The number of hydrogen-bond donors (Lipinski definition) is 1. The van der Waals surface area contributed by atoms with E-state index in [1.807, 2.05) is 41.0 Å². The number of aromatic nitrogens is 4. The fraction of sp³-hybridized carbons (Fsp3) is 0.105. The number of nitrogens with two attached hydrogens (primary N) is 1. The Morgan fingerprint density at radius 1 is 1.00 bits per heavy atom. The van der Waals surface area contributed by atoms with Crippen LogP contribution >= 0.6 is 0 Å². The Labute approximate surface area is 149 Å². The van der Waals surface area contributed by atoms with Crippen molar-refractivity contribution >= 4 is 16.9 Å². The summed E-state index contributed by atoms with van der Waals surface area (Å²) in [5, 5.41) is 0. The second-order valence-corrected chi connectivity index (χ2v) is 5.90. The van der Waals surface area contributed by atoms with Gasteiger partial charge in [-0.25, -0.2) is 9.97 Å². The van der Waals surface area contributed by atoms with E-state index >= 15 is 0 Å². The van der Waals surface area contributed by atoms with E-state index in [4.69, 9.17) is 20.2 Å². The average molecular weight is 345 g/mol. The summed E-state index contributed by atoms with van der Waals surface area (Å²) in [7, 11) is 0. The Hall–Kier alpha value is -3.61. The van der Waals surface area contributed by atoms with Gasteiger partial charge in [0.1, 0.15) is 30.4 Å². The maximum absolute atomic E-state index is 6.11. The highest BCUT2D eigenvalue weighted by Crippen LogP contribution is 2.36. The van der Waals surface area contributed by atoms with Gasteiger partial charge in [0.15, 0.2) is 11.5 Å². The largest absolute Gasteiger partial charge is 0.486 e. The zero-order chi connectivity index (χ0) is 17.5. The third-order valence-corrected chi connectivity index (χ3v) is 4.32. The summed E-state index contributed by atoms with van der Waals surface area (Å²) in [4.78, 5) is 13.1. The number of anilines is 1. The number of rotatable bonds is 2. The van der Waals surface area contributed by atoms with Crippen LogP contribution in [0.15, 0.2) is 55.0 Å². The van der Waals surface area contributed by atoms with E-state index in [0.29, 0.717) is 24.9 Å². The van der Waals surface area contributed by atoms with E-state index in [9.17, 15) is 0 Å². The number of benzene rings is 1. The summed E-state index contributed by atoms with van der Waals surface area (Å²) in [5.41, 5.74) is 9.48. The Morgan fingerprint density at radius 3 is 2.77 bits per heavy atom. The summed E-state index contributed by atoms with van der Waals surface area (Å²) in [6.07, 6.45) is 5.15. The standard InChI is InChI=1S/C19H15N5O2/c20-18-13(2-1-6-22-18)19-23-14-11-21-7-5-15(14)24(19)12-3-4-16-17(10-12)26-9-8-25-16/h1-7,10-11H,8-9H2,(H2,20,22). The van der Waals surface area contributed by atoms with Gasteiger partial charge in [0.05, 0.1) is 23.0 Å². The molecule has 5 rings (SSSR count). The summed E-state index contributed by atoms with van der Waals surface area (Å²) in [6, 6.07) is 11.5. The predicted molar refractivity (Wildman–Crippen MR) is 97.5 cm³/mol. The van der Waals surface area contributed by atoms with Crippen LogP contribution in [-0.4, -0.2) is 32.7 Å². The van der Waals surface area contributed by atoms with Gasteiger partial charge in [-0.2, -0.15) is 0 Å². The maximum Gasteiger partial charge on any atom is 0.163 e. The van der Waals surface area contributed by atoms with Crippen molar-refractivity contribution in [1.82, 2.24) is 19.5 Å². The summed E-state index contributed by atoms with van der Waals surface area (Å²) >= 11 is 0. The molecule has 1 aliphatic heterocycles. The summed E-state index contributed by atoms with van der Waals surface area (Å²) < 4.78 is 13.4. The molecule has 0 radical (unpaired) electrons.